The zero-order valence-corrected chi connectivity index (χ0v) is 48.9. The molecular weight excluding hydrogens is 1040 g/mol. The molecule has 2 saturated carbocycles. The van der Waals surface area contributed by atoms with E-state index in [1.165, 1.54) is 116 Å². The maximum Gasteiger partial charge on any atom is 0.256 e. The lowest BCUT2D eigenvalue weighted by atomic mass is 9.30. The Balaban J connectivity index is 0.959. The van der Waals surface area contributed by atoms with Gasteiger partial charge in [0.1, 0.15) is 11.5 Å². The second kappa shape index (κ2) is 19.0. The molecule has 11 aromatic rings. The molecule has 5 nitrogen and oxygen atoms in total. The summed E-state index contributed by atoms with van der Waals surface area (Å²) in [7, 11) is 0. The Bertz CT molecular complexity index is 4440. The van der Waals surface area contributed by atoms with Crippen LogP contribution in [0.2, 0.25) is 0 Å². The summed E-state index contributed by atoms with van der Waals surface area (Å²) in [6.07, 6.45) is 6.56. The predicted octanol–water partition coefficient (Wildman–Crippen LogP) is 16.2. The van der Waals surface area contributed by atoms with Crippen molar-refractivity contribution < 1.29 is 4.74 Å². The van der Waals surface area contributed by atoms with Crippen LogP contribution in [0.5, 0.6) is 11.5 Å². The Morgan fingerprint density at radius 1 is 0.349 bits per heavy atom. The van der Waals surface area contributed by atoms with Crippen molar-refractivity contribution in [3.05, 3.63) is 254 Å². The van der Waals surface area contributed by atoms with E-state index in [1.54, 1.807) is 0 Å². The number of nitrogens with zero attached hydrogens (tertiary/aromatic N) is 4. The monoisotopic (exact) mass is 1110 g/mol. The zero-order valence-electron chi connectivity index (χ0n) is 48.9. The van der Waals surface area contributed by atoms with Crippen LogP contribution in [0.4, 0.5) is 56.9 Å². The molecule has 2 aliphatic carbocycles. The van der Waals surface area contributed by atoms with Crippen LogP contribution in [0, 0.1) is 11.8 Å². The molecule has 6 heterocycles. The third-order valence-electron chi connectivity index (χ3n) is 20.4. The van der Waals surface area contributed by atoms with E-state index in [0.29, 0.717) is 12.1 Å². The van der Waals surface area contributed by atoms with Crippen molar-refractivity contribution in [2.24, 2.45) is 11.8 Å². The fourth-order valence-corrected chi connectivity index (χ4v) is 17.0. The predicted molar refractivity (Wildman–Crippen MR) is 361 cm³/mol. The molecular formula is C79H64B2N4O. The second-order valence-electron chi connectivity index (χ2n) is 26.4. The molecule has 0 unspecified atom stereocenters. The highest BCUT2D eigenvalue weighted by Gasteiger charge is 2.51. The lowest BCUT2D eigenvalue weighted by molar-refractivity contribution is 0.0900. The zero-order chi connectivity index (χ0) is 56.9. The molecule has 0 N–H and O–H groups in total. The summed E-state index contributed by atoms with van der Waals surface area (Å²) in [6, 6.07) is 94.9. The number of anilines is 10. The molecule has 19 rings (SSSR count). The largest absolute Gasteiger partial charge is 0.458 e. The maximum absolute atomic E-state index is 7.89. The van der Waals surface area contributed by atoms with E-state index in [9.17, 15) is 0 Å². The lowest BCUT2D eigenvalue weighted by Crippen LogP contribution is -2.64. The van der Waals surface area contributed by atoms with Crippen molar-refractivity contribution in [3.63, 3.8) is 0 Å². The summed E-state index contributed by atoms with van der Waals surface area (Å²) >= 11 is 0. The first-order valence-corrected chi connectivity index (χ1v) is 31.3. The fraction of sp³-hybridized carbons (Fsp3) is 0.165. The van der Waals surface area contributed by atoms with Gasteiger partial charge >= 0.3 is 0 Å². The first-order chi connectivity index (χ1) is 42.3. The van der Waals surface area contributed by atoms with Gasteiger partial charge < -0.3 is 24.3 Å². The number of rotatable bonds is 7. The van der Waals surface area contributed by atoms with E-state index in [1.807, 2.05) is 0 Å². The number of benzene rings is 11. The van der Waals surface area contributed by atoms with E-state index in [4.69, 9.17) is 4.74 Å². The summed E-state index contributed by atoms with van der Waals surface area (Å²) < 4.78 is 7.89. The van der Waals surface area contributed by atoms with Crippen LogP contribution in [0.1, 0.15) is 58.4 Å². The molecule has 11 aromatic carbocycles. The maximum atomic E-state index is 7.89. The fourth-order valence-electron chi connectivity index (χ4n) is 17.0. The van der Waals surface area contributed by atoms with Gasteiger partial charge in [0.05, 0.1) is 5.69 Å². The van der Waals surface area contributed by atoms with Crippen LogP contribution in [-0.2, 0) is 5.41 Å². The van der Waals surface area contributed by atoms with Gasteiger partial charge in [-0.3, -0.25) is 0 Å². The normalized spacial score (nSPS) is 18.8. The minimum atomic E-state index is -0.207. The number of ether oxygens (including phenoxy) is 1. The van der Waals surface area contributed by atoms with Crippen LogP contribution in [-0.4, -0.2) is 25.5 Å². The highest BCUT2D eigenvalue weighted by molar-refractivity contribution is 7.02. The molecule has 4 bridgehead atoms. The first-order valence-electron chi connectivity index (χ1n) is 31.3. The van der Waals surface area contributed by atoms with Gasteiger partial charge in [-0.15, -0.1) is 0 Å². The van der Waals surface area contributed by atoms with Gasteiger partial charge in [0.25, 0.3) is 13.4 Å². The summed E-state index contributed by atoms with van der Waals surface area (Å²) in [5.41, 5.74) is 27.5. The lowest BCUT2D eigenvalue weighted by Gasteiger charge is -2.57. The summed E-state index contributed by atoms with van der Waals surface area (Å²) in [4.78, 5) is 10.6. The number of hydrogen-bond acceptors (Lipinski definition) is 5. The second-order valence-corrected chi connectivity index (χ2v) is 26.4. The van der Waals surface area contributed by atoms with Gasteiger partial charge in [-0.1, -0.05) is 191 Å². The van der Waals surface area contributed by atoms with Crippen molar-refractivity contribution in [2.45, 2.75) is 70.4 Å². The van der Waals surface area contributed by atoms with E-state index in [2.05, 4.69) is 289 Å². The molecule has 6 aliphatic heterocycles. The Morgan fingerprint density at radius 3 is 1.35 bits per heavy atom. The quantitative estimate of drug-likeness (QED) is 0.148. The summed E-state index contributed by atoms with van der Waals surface area (Å²) in [5, 5.41) is 0. The highest BCUT2D eigenvalue weighted by Crippen LogP contribution is 2.55. The molecule has 0 aromatic heterocycles. The number of piperidine rings is 2. The van der Waals surface area contributed by atoms with Crippen LogP contribution in [0.25, 0.3) is 33.4 Å². The van der Waals surface area contributed by atoms with Crippen molar-refractivity contribution >= 4 is 103 Å². The summed E-state index contributed by atoms with van der Waals surface area (Å²) in [6.45, 7) is 6.88. The average Bonchev–Trinajstić information content (AvgIpc) is 0.739. The molecule has 8 aliphatic rings. The highest BCUT2D eigenvalue weighted by atomic mass is 16.5. The van der Waals surface area contributed by atoms with E-state index >= 15 is 0 Å². The SMILES string of the molecule is CC(C)(C)c1cc2c3c(c1)N(c1c(-c4ccccc4)cc(-c4ccccc4)cc1-c1ccccc1)c1cc4c(cc1B3c1ccccc1N2c1ccccc1)B1c2ccccc2N(c2ccccc2)c2cc(N3C5CC6CC(C5)CC3C6)cc(c21)O4. The molecule has 0 spiro atoms. The number of para-hydroxylation sites is 4. The minimum Gasteiger partial charge on any atom is -0.458 e. The Hall–Kier alpha value is -9.45. The first kappa shape index (κ1) is 49.9. The molecule has 2 saturated heterocycles. The minimum absolute atomic E-state index is 0.102. The molecule has 0 atom stereocenters. The van der Waals surface area contributed by atoms with Gasteiger partial charge in [0.2, 0.25) is 0 Å². The van der Waals surface area contributed by atoms with E-state index in [-0.39, 0.29) is 18.8 Å². The van der Waals surface area contributed by atoms with Crippen LogP contribution in [0.3, 0.4) is 0 Å². The Kier molecular flexibility index (Phi) is 11.0. The van der Waals surface area contributed by atoms with Gasteiger partial charge in [-0.05, 0) is 177 Å². The number of hydrogen-bond donors (Lipinski definition) is 0. The van der Waals surface area contributed by atoms with Crippen LogP contribution in [0.15, 0.2) is 249 Å². The Morgan fingerprint density at radius 2 is 0.814 bits per heavy atom. The van der Waals surface area contributed by atoms with Gasteiger partial charge in [-0.2, -0.15) is 0 Å². The van der Waals surface area contributed by atoms with Crippen molar-refractivity contribution in [1.29, 1.82) is 0 Å². The van der Waals surface area contributed by atoms with Gasteiger partial charge in [0.15, 0.2) is 0 Å². The van der Waals surface area contributed by atoms with Crippen molar-refractivity contribution in [1.82, 2.24) is 0 Å². The van der Waals surface area contributed by atoms with E-state index in [0.717, 1.165) is 68.3 Å². The molecule has 4 fully saturated rings. The number of fused-ring (bicyclic) bond motifs is 8. The van der Waals surface area contributed by atoms with E-state index < -0.39 is 0 Å². The molecule has 7 heteroatoms. The topological polar surface area (TPSA) is 22.2 Å². The Labute approximate surface area is 506 Å². The van der Waals surface area contributed by atoms with Crippen molar-refractivity contribution in [2.75, 3.05) is 19.6 Å². The third-order valence-corrected chi connectivity index (χ3v) is 20.4. The third kappa shape index (κ3) is 7.59. The smallest absolute Gasteiger partial charge is 0.256 e. The van der Waals surface area contributed by atoms with Gasteiger partial charge in [0, 0.05) is 86.5 Å². The van der Waals surface area contributed by atoms with Crippen molar-refractivity contribution in [3.8, 4) is 44.9 Å². The molecule has 86 heavy (non-hydrogen) atoms. The molecule has 0 radical (unpaired) electrons. The molecule has 0 amide bonds. The van der Waals surface area contributed by atoms with Crippen LogP contribution < -0.4 is 57.1 Å². The van der Waals surface area contributed by atoms with Gasteiger partial charge in [-0.25, -0.2) is 0 Å². The van der Waals surface area contributed by atoms with Crippen LogP contribution >= 0.6 is 0 Å². The standard InChI is InChI=1S/C79H64B2N4O/c1-79(2,3)56-44-71-76-72(45-56)85(78-62(53-25-11-5-12-26-53)42-55(52-23-9-4-10-24-52)43-63(78)54-27-13-6-14-28-54)70-49-74-67(48-66(70)80(76)64-33-19-21-35-68(64)83(71)57-29-15-7-16-30-57)81-65-34-20-22-36-69(65)84(58-31-17-8-18-32-58)73-46-61(47-75(86-74)77(73)81)82-59-38-50-37-51(40-59)41-60(82)39-50/h4-36,42-51,59-60H,37-41H2,1-3H3. The molecule has 412 valence electrons. The average molecular weight is 1110 g/mol. The summed E-state index contributed by atoms with van der Waals surface area (Å²) in [5.74, 6) is 3.56.